The van der Waals surface area contributed by atoms with Crippen molar-refractivity contribution in [1.29, 1.82) is 0 Å². The zero-order valence-electron chi connectivity index (χ0n) is 12.7. The van der Waals surface area contributed by atoms with Gasteiger partial charge in [-0.25, -0.2) is 4.79 Å². The molecule has 116 valence electrons. The Bertz CT molecular complexity index is 304. The molecular weight excluding hydrogens is 256 g/mol. The van der Waals surface area contributed by atoms with Gasteiger partial charge in [-0.2, -0.15) is 0 Å². The van der Waals surface area contributed by atoms with Crippen LogP contribution in [0.4, 0.5) is 4.79 Å². The molecule has 0 bridgehead atoms. The molecule has 0 radical (unpaired) electrons. The average molecular weight is 284 g/mol. The van der Waals surface area contributed by atoms with Gasteiger partial charge in [0.05, 0.1) is 6.54 Å². The Morgan fingerprint density at radius 3 is 2.50 bits per heavy atom. The van der Waals surface area contributed by atoms with Crippen LogP contribution in [0.2, 0.25) is 0 Å². The normalized spacial score (nSPS) is 16.1. The van der Waals surface area contributed by atoms with Crippen LogP contribution in [0.3, 0.4) is 0 Å². The summed E-state index contributed by atoms with van der Waals surface area (Å²) in [6.07, 6.45) is 4.00. The van der Waals surface area contributed by atoms with Crippen LogP contribution in [0.1, 0.15) is 39.5 Å². The molecule has 1 rings (SSSR count). The lowest BCUT2D eigenvalue weighted by atomic mass is 10.0. The molecule has 0 unspecified atom stereocenters. The van der Waals surface area contributed by atoms with Crippen molar-refractivity contribution in [3.63, 3.8) is 0 Å². The maximum absolute atomic E-state index is 11.9. The number of hydrogen-bond donors (Lipinski definition) is 3. The standard InChI is InChI=1S/C14H28N4O2/c1-3-7-16-14(20)17-13(19)11-18(10-4-2)12-5-8-15-9-6-12/h12,15H,3-11H2,1-2H3,(H2,16,17,19,20). The predicted octanol–water partition coefficient (Wildman–Crippen LogP) is 0.686. The summed E-state index contributed by atoms with van der Waals surface area (Å²) in [6, 6.07) is 0.0549. The minimum atomic E-state index is -0.390. The molecule has 0 saturated carbocycles. The molecule has 1 aliphatic rings. The number of carbonyl (C=O) groups is 2. The van der Waals surface area contributed by atoms with E-state index in [4.69, 9.17) is 0 Å². The Hall–Kier alpha value is -1.14. The van der Waals surface area contributed by atoms with Crippen LogP contribution >= 0.6 is 0 Å². The number of amides is 3. The average Bonchev–Trinajstić information content (AvgIpc) is 2.45. The molecule has 0 aromatic carbocycles. The summed E-state index contributed by atoms with van der Waals surface area (Å²) < 4.78 is 0. The third kappa shape index (κ3) is 6.34. The second-order valence-electron chi connectivity index (χ2n) is 5.26. The molecule has 3 amide bonds. The molecule has 1 aliphatic heterocycles. The topological polar surface area (TPSA) is 73.5 Å². The van der Waals surface area contributed by atoms with Gasteiger partial charge < -0.3 is 10.6 Å². The monoisotopic (exact) mass is 284 g/mol. The van der Waals surface area contributed by atoms with Crippen molar-refractivity contribution in [2.24, 2.45) is 0 Å². The SMILES string of the molecule is CCCNC(=O)NC(=O)CN(CCC)C1CCNCC1. The van der Waals surface area contributed by atoms with Crippen molar-refractivity contribution in [3.8, 4) is 0 Å². The van der Waals surface area contributed by atoms with Crippen LogP contribution in [-0.4, -0.2) is 55.6 Å². The summed E-state index contributed by atoms with van der Waals surface area (Å²) in [5.74, 6) is -0.217. The van der Waals surface area contributed by atoms with Crippen molar-refractivity contribution in [2.75, 3.05) is 32.7 Å². The Balaban J connectivity index is 2.39. The Labute approximate surface area is 121 Å². The summed E-state index contributed by atoms with van der Waals surface area (Å²) in [5.41, 5.74) is 0. The highest BCUT2D eigenvalue weighted by molar-refractivity contribution is 5.95. The molecule has 6 nitrogen and oxygen atoms in total. The molecule has 0 atom stereocenters. The van der Waals surface area contributed by atoms with Crippen molar-refractivity contribution in [1.82, 2.24) is 20.9 Å². The van der Waals surface area contributed by atoms with Crippen LogP contribution in [0.5, 0.6) is 0 Å². The van der Waals surface area contributed by atoms with Crippen molar-refractivity contribution < 1.29 is 9.59 Å². The second kappa shape index (κ2) is 9.72. The van der Waals surface area contributed by atoms with Gasteiger partial charge in [-0.15, -0.1) is 0 Å². The minimum Gasteiger partial charge on any atom is -0.338 e. The highest BCUT2D eigenvalue weighted by atomic mass is 16.2. The maximum atomic E-state index is 11.9. The summed E-state index contributed by atoms with van der Waals surface area (Å²) >= 11 is 0. The molecule has 6 heteroatoms. The van der Waals surface area contributed by atoms with E-state index < -0.39 is 6.03 Å². The van der Waals surface area contributed by atoms with Crippen LogP contribution in [0.25, 0.3) is 0 Å². The third-order valence-corrected chi connectivity index (χ3v) is 3.47. The smallest absolute Gasteiger partial charge is 0.321 e. The van der Waals surface area contributed by atoms with Crippen molar-refractivity contribution in [3.05, 3.63) is 0 Å². The van der Waals surface area contributed by atoms with E-state index in [1.54, 1.807) is 0 Å². The Morgan fingerprint density at radius 2 is 1.90 bits per heavy atom. The first kappa shape index (κ1) is 16.9. The summed E-state index contributed by atoms with van der Waals surface area (Å²) in [6.45, 7) is 7.88. The highest BCUT2D eigenvalue weighted by Crippen LogP contribution is 2.11. The number of nitrogens with zero attached hydrogens (tertiary/aromatic N) is 1. The van der Waals surface area contributed by atoms with Gasteiger partial charge in [0.1, 0.15) is 0 Å². The number of rotatable bonds is 7. The number of nitrogens with one attached hydrogen (secondary N) is 3. The van der Waals surface area contributed by atoms with Gasteiger partial charge in [0, 0.05) is 12.6 Å². The maximum Gasteiger partial charge on any atom is 0.321 e. The van der Waals surface area contributed by atoms with Crippen LogP contribution in [-0.2, 0) is 4.79 Å². The Kier molecular flexibility index (Phi) is 8.22. The molecule has 0 aliphatic carbocycles. The van der Waals surface area contributed by atoms with Crippen molar-refractivity contribution in [2.45, 2.75) is 45.6 Å². The van der Waals surface area contributed by atoms with Gasteiger partial charge in [-0.05, 0) is 45.3 Å². The lowest BCUT2D eigenvalue weighted by molar-refractivity contribution is -0.121. The van der Waals surface area contributed by atoms with E-state index in [1.807, 2.05) is 6.92 Å². The minimum absolute atomic E-state index is 0.217. The first-order valence-corrected chi connectivity index (χ1v) is 7.69. The first-order valence-electron chi connectivity index (χ1n) is 7.69. The molecule has 3 N–H and O–H groups in total. The molecule has 0 spiro atoms. The molecule has 1 saturated heterocycles. The van der Waals surface area contributed by atoms with E-state index in [1.165, 1.54) is 0 Å². The molecule has 20 heavy (non-hydrogen) atoms. The van der Waals surface area contributed by atoms with Gasteiger partial charge in [0.15, 0.2) is 0 Å². The van der Waals surface area contributed by atoms with E-state index in [0.29, 0.717) is 19.1 Å². The van der Waals surface area contributed by atoms with Crippen molar-refractivity contribution >= 4 is 11.9 Å². The lowest BCUT2D eigenvalue weighted by Gasteiger charge is -2.33. The molecular formula is C14H28N4O2. The number of hydrogen-bond acceptors (Lipinski definition) is 4. The van der Waals surface area contributed by atoms with Gasteiger partial charge in [0.25, 0.3) is 0 Å². The fourth-order valence-corrected chi connectivity index (χ4v) is 2.48. The quantitative estimate of drug-likeness (QED) is 0.643. The van der Waals surface area contributed by atoms with E-state index in [0.717, 1.165) is 45.3 Å². The summed E-state index contributed by atoms with van der Waals surface area (Å²) in [7, 11) is 0. The van der Waals surface area contributed by atoms with Crippen LogP contribution in [0.15, 0.2) is 0 Å². The second-order valence-corrected chi connectivity index (χ2v) is 5.26. The number of imide groups is 1. The van der Waals surface area contributed by atoms with E-state index in [-0.39, 0.29) is 5.91 Å². The fourth-order valence-electron chi connectivity index (χ4n) is 2.48. The van der Waals surface area contributed by atoms with Gasteiger partial charge in [-0.3, -0.25) is 15.0 Å². The Morgan fingerprint density at radius 1 is 1.20 bits per heavy atom. The zero-order chi connectivity index (χ0) is 14.8. The molecule has 0 aromatic rings. The van der Waals surface area contributed by atoms with E-state index in [2.05, 4.69) is 27.8 Å². The summed E-state index contributed by atoms with van der Waals surface area (Å²) in [5, 5.41) is 8.37. The van der Waals surface area contributed by atoms with Crippen LogP contribution < -0.4 is 16.0 Å². The van der Waals surface area contributed by atoms with Gasteiger partial charge in [0.2, 0.25) is 5.91 Å². The number of piperidine rings is 1. The lowest BCUT2D eigenvalue weighted by Crippen LogP contribution is -2.49. The van der Waals surface area contributed by atoms with E-state index >= 15 is 0 Å². The number of carbonyl (C=O) groups excluding carboxylic acids is 2. The molecule has 0 aromatic heterocycles. The number of urea groups is 1. The van der Waals surface area contributed by atoms with Gasteiger partial charge in [-0.1, -0.05) is 13.8 Å². The third-order valence-electron chi connectivity index (χ3n) is 3.47. The zero-order valence-corrected chi connectivity index (χ0v) is 12.7. The fraction of sp³-hybridized carbons (Fsp3) is 0.857. The van der Waals surface area contributed by atoms with E-state index in [9.17, 15) is 9.59 Å². The molecule has 1 fully saturated rings. The largest absolute Gasteiger partial charge is 0.338 e. The first-order chi connectivity index (χ1) is 9.67. The highest BCUT2D eigenvalue weighted by Gasteiger charge is 2.22. The molecule has 1 heterocycles. The van der Waals surface area contributed by atoms with Crippen LogP contribution in [0, 0.1) is 0 Å². The predicted molar refractivity (Wildman–Crippen MR) is 79.6 cm³/mol. The van der Waals surface area contributed by atoms with Gasteiger partial charge >= 0.3 is 6.03 Å². The summed E-state index contributed by atoms with van der Waals surface area (Å²) in [4.78, 5) is 25.6.